The average Bonchev–Trinajstić information content (AvgIpc) is 2.05. The summed E-state index contributed by atoms with van der Waals surface area (Å²) < 4.78 is 0.0567. The number of carboxylic acid groups (broad SMARTS) is 1. The molecule has 0 amide bonds. The molecule has 1 saturated heterocycles. The SMILES string of the molecule is N[C@@H](C(=O)O)C1SCCCS1. The molecule has 64 valence electrons. The van der Waals surface area contributed by atoms with Gasteiger partial charge in [0.1, 0.15) is 6.04 Å². The topological polar surface area (TPSA) is 63.3 Å². The number of carboxylic acids is 1. The molecular weight excluding hydrogens is 182 g/mol. The Balaban J connectivity index is 2.38. The van der Waals surface area contributed by atoms with Gasteiger partial charge in [0.2, 0.25) is 0 Å². The van der Waals surface area contributed by atoms with Gasteiger partial charge in [-0.3, -0.25) is 4.79 Å². The standard InChI is InChI=1S/C6H11NO2S2/c7-4(5(8)9)6-10-2-1-3-11-6/h4,6H,1-3,7H2,(H,8,9)/t4-/m0/s1. The Bertz CT molecular complexity index is 148. The number of hydrogen-bond acceptors (Lipinski definition) is 4. The fraction of sp³-hybridized carbons (Fsp3) is 0.833. The van der Waals surface area contributed by atoms with Crippen LogP contribution < -0.4 is 5.73 Å². The van der Waals surface area contributed by atoms with E-state index in [2.05, 4.69) is 0 Å². The molecule has 3 nitrogen and oxygen atoms in total. The third kappa shape index (κ3) is 2.57. The molecule has 1 rings (SSSR count). The van der Waals surface area contributed by atoms with Crippen molar-refractivity contribution in [2.45, 2.75) is 17.0 Å². The third-order valence-corrected chi connectivity index (χ3v) is 4.54. The van der Waals surface area contributed by atoms with Crippen LogP contribution in [0.5, 0.6) is 0 Å². The Kier molecular flexibility index (Phi) is 3.54. The summed E-state index contributed by atoms with van der Waals surface area (Å²) in [4.78, 5) is 10.4. The van der Waals surface area contributed by atoms with E-state index in [0.29, 0.717) is 0 Å². The zero-order valence-electron chi connectivity index (χ0n) is 6.03. The van der Waals surface area contributed by atoms with Gasteiger partial charge in [-0.25, -0.2) is 0 Å². The van der Waals surface area contributed by atoms with Crippen LogP contribution in [0, 0.1) is 0 Å². The van der Waals surface area contributed by atoms with E-state index in [9.17, 15) is 4.79 Å². The predicted octanol–water partition coefficient (Wildman–Crippen LogP) is 0.595. The van der Waals surface area contributed by atoms with E-state index in [1.54, 1.807) is 23.5 Å². The lowest BCUT2D eigenvalue weighted by atomic mass is 10.4. The minimum Gasteiger partial charge on any atom is -0.480 e. The number of aliphatic carboxylic acids is 1. The summed E-state index contributed by atoms with van der Waals surface area (Å²) in [6.07, 6.45) is 1.16. The number of nitrogens with two attached hydrogens (primary N) is 1. The molecule has 1 heterocycles. The maximum absolute atomic E-state index is 10.4. The minimum absolute atomic E-state index is 0.0567. The highest BCUT2D eigenvalue weighted by atomic mass is 32.2. The lowest BCUT2D eigenvalue weighted by Gasteiger charge is -2.23. The van der Waals surface area contributed by atoms with E-state index in [-0.39, 0.29) is 4.58 Å². The predicted molar refractivity (Wildman–Crippen MR) is 48.9 cm³/mol. The summed E-state index contributed by atoms with van der Waals surface area (Å²) in [5.41, 5.74) is 5.45. The molecule has 0 bridgehead atoms. The minimum atomic E-state index is -0.892. The van der Waals surface area contributed by atoms with Crippen LogP contribution in [0.1, 0.15) is 6.42 Å². The Labute approximate surface area is 74.1 Å². The van der Waals surface area contributed by atoms with Crippen molar-refractivity contribution in [3.8, 4) is 0 Å². The summed E-state index contributed by atoms with van der Waals surface area (Å²) in [5, 5.41) is 8.58. The first-order valence-electron chi connectivity index (χ1n) is 3.43. The van der Waals surface area contributed by atoms with Crippen LogP contribution in [0.3, 0.4) is 0 Å². The van der Waals surface area contributed by atoms with Crippen molar-refractivity contribution in [1.82, 2.24) is 0 Å². The van der Waals surface area contributed by atoms with E-state index in [1.165, 1.54) is 0 Å². The maximum atomic E-state index is 10.4. The molecule has 1 atom stereocenters. The van der Waals surface area contributed by atoms with Crippen molar-refractivity contribution >= 4 is 29.5 Å². The first-order valence-corrected chi connectivity index (χ1v) is 5.53. The van der Waals surface area contributed by atoms with Crippen LogP contribution >= 0.6 is 23.5 Å². The Hall–Kier alpha value is 0.130. The van der Waals surface area contributed by atoms with Crippen LogP contribution in [0.4, 0.5) is 0 Å². The first-order chi connectivity index (χ1) is 5.22. The average molecular weight is 193 g/mol. The molecule has 1 aliphatic heterocycles. The smallest absolute Gasteiger partial charge is 0.322 e. The quantitative estimate of drug-likeness (QED) is 0.672. The van der Waals surface area contributed by atoms with Crippen molar-refractivity contribution < 1.29 is 9.90 Å². The van der Waals surface area contributed by atoms with Gasteiger partial charge in [-0.2, -0.15) is 0 Å². The Morgan fingerprint density at radius 3 is 2.55 bits per heavy atom. The summed E-state index contributed by atoms with van der Waals surface area (Å²) in [7, 11) is 0. The molecule has 0 aromatic carbocycles. The molecule has 1 aliphatic rings. The Morgan fingerprint density at radius 2 is 2.09 bits per heavy atom. The van der Waals surface area contributed by atoms with Crippen molar-refractivity contribution in [3.05, 3.63) is 0 Å². The zero-order valence-corrected chi connectivity index (χ0v) is 7.66. The normalized spacial score (nSPS) is 23.0. The molecule has 0 unspecified atom stereocenters. The van der Waals surface area contributed by atoms with Crippen molar-refractivity contribution in [3.63, 3.8) is 0 Å². The second-order valence-corrected chi connectivity index (χ2v) is 5.12. The van der Waals surface area contributed by atoms with Crippen LogP contribution in [-0.4, -0.2) is 33.2 Å². The second kappa shape index (κ2) is 4.23. The molecule has 0 aromatic rings. The molecule has 0 spiro atoms. The van der Waals surface area contributed by atoms with E-state index in [0.717, 1.165) is 17.9 Å². The van der Waals surface area contributed by atoms with Crippen LogP contribution in [0.2, 0.25) is 0 Å². The lowest BCUT2D eigenvalue weighted by molar-refractivity contribution is -0.138. The fourth-order valence-electron chi connectivity index (χ4n) is 0.830. The zero-order chi connectivity index (χ0) is 8.27. The van der Waals surface area contributed by atoms with E-state index in [4.69, 9.17) is 10.8 Å². The van der Waals surface area contributed by atoms with Gasteiger partial charge in [0.25, 0.3) is 0 Å². The second-order valence-electron chi connectivity index (χ2n) is 2.33. The van der Waals surface area contributed by atoms with Gasteiger partial charge >= 0.3 is 5.97 Å². The molecule has 5 heteroatoms. The van der Waals surface area contributed by atoms with E-state index < -0.39 is 12.0 Å². The summed E-state index contributed by atoms with van der Waals surface area (Å²) in [6.45, 7) is 0. The third-order valence-electron chi connectivity index (χ3n) is 1.43. The van der Waals surface area contributed by atoms with Crippen molar-refractivity contribution in [1.29, 1.82) is 0 Å². The molecule has 11 heavy (non-hydrogen) atoms. The molecular formula is C6H11NO2S2. The fourth-order valence-corrected chi connectivity index (χ4v) is 3.71. The molecule has 0 saturated carbocycles. The highest BCUT2D eigenvalue weighted by molar-refractivity contribution is 8.17. The van der Waals surface area contributed by atoms with Gasteiger partial charge < -0.3 is 10.8 Å². The Morgan fingerprint density at radius 1 is 1.55 bits per heavy atom. The number of thioether (sulfide) groups is 2. The molecule has 3 N–H and O–H groups in total. The van der Waals surface area contributed by atoms with E-state index in [1.807, 2.05) is 0 Å². The maximum Gasteiger partial charge on any atom is 0.322 e. The highest BCUT2D eigenvalue weighted by Gasteiger charge is 2.26. The van der Waals surface area contributed by atoms with Gasteiger partial charge in [-0.15, -0.1) is 23.5 Å². The van der Waals surface area contributed by atoms with Crippen molar-refractivity contribution in [2.75, 3.05) is 11.5 Å². The van der Waals surface area contributed by atoms with Gasteiger partial charge in [0, 0.05) is 0 Å². The summed E-state index contributed by atoms with van der Waals surface area (Å²) in [6, 6.07) is -0.703. The van der Waals surface area contributed by atoms with Crippen LogP contribution in [0.15, 0.2) is 0 Å². The van der Waals surface area contributed by atoms with Gasteiger partial charge in [-0.1, -0.05) is 0 Å². The highest BCUT2D eigenvalue weighted by Crippen LogP contribution is 2.32. The monoisotopic (exact) mass is 193 g/mol. The van der Waals surface area contributed by atoms with Crippen molar-refractivity contribution in [2.24, 2.45) is 5.73 Å². The molecule has 0 aromatic heterocycles. The molecule has 1 fully saturated rings. The van der Waals surface area contributed by atoms with Gasteiger partial charge in [0.15, 0.2) is 0 Å². The number of rotatable bonds is 2. The van der Waals surface area contributed by atoms with E-state index >= 15 is 0 Å². The largest absolute Gasteiger partial charge is 0.480 e. The molecule has 0 aliphatic carbocycles. The summed E-state index contributed by atoms with van der Waals surface area (Å²) in [5.74, 6) is 1.19. The van der Waals surface area contributed by atoms with Crippen LogP contribution in [0.25, 0.3) is 0 Å². The number of hydrogen-bond donors (Lipinski definition) is 2. The van der Waals surface area contributed by atoms with Gasteiger partial charge in [0.05, 0.1) is 4.58 Å². The summed E-state index contributed by atoms with van der Waals surface area (Å²) >= 11 is 3.31. The van der Waals surface area contributed by atoms with Gasteiger partial charge in [-0.05, 0) is 17.9 Å². The number of carbonyl (C=O) groups is 1. The lowest BCUT2D eigenvalue weighted by Crippen LogP contribution is -2.39. The van der Waals surface area contributed by atoms with Crippen LogP contribution in [-0.2, 0) is 4.79 Å². The molecule has 0 radical (unpaired) electrons. The first kappa shape index (κ1) is 9.22.